The Morgan fingerprint density at radius 2 is 2.20 bits per heavy atom. The third kappa shape index (κ3) is 3.03. The first-order chi connectivity index (χ1) is 12.2. The van der Waals surface area contributed by atoms with Gasteiger partial charge in [-0.05, 0) is 25.3 Å². The van der Waals surface area contributed by atoms with Crippen molar-refractivity contribution in [2.75, 3.05) is 40.0 Å². The number of nitrogens with zero attached hydrogens (tertiary/aromatic N) is 2. The summed E-state index contributed by atoms with van der Waals surface area (Å²) in [4.78, 5) is 21.1. The molecule has 3 saturated heterocycles. The van der Waals surface area contributed by atoms with Crippen LogP contribution in [-0.4, -0.2) is 61.9 Å². The van der Waals surface area contributed by atoms with E-state index in [-0.39, 0.29) is 12.0 Å². The number of likely N-dealkylation sites (tertiary alicyclic amines) is 1. The van der Waals surface area contributed by atoms with Crippen LogP contribution in [0.5, 0.6) is 5.75 Å². The zero-order valence-corrected chi connectivity index (χ0v) is 14.8. The summed E-state index contributed by atoms with van der Waals surface area (Å²) in [5, 5.41) is 1.58. The number of benzene rings is 1. The van der Waals surface area contributed by atoms with E-state index in [1.165, 1.54) is 0 Å². The van der Waals surface area contributed by atoms with Gasteiger partial charge in [0.05, 0.1) is 31.8 Å². The van der Waals surface area contributed by atoms with Gasteiger partial charge < -0.3 is 9.47 Å². The molecule has 3 aliphatic rings. The van der Waals surface area contributed by atoms with Crippen LogP contribution < -0.4 is 4.74 Å². The number of para-hydroxylation sites is 1. The minimum atomic E-state index is -0.468. The summed E-state index contributed by atoms with van der Waals surface area (Å²) in [7, 11) is 1.70. The molecule has 1 amide bonds. The number of fused-ring (bicyclic) bond motifs is 1. The fourth-order valence-corrected chi connectivity index (χ4v) is 4.40. The molecule has 0 aromatic heterocycles. The van der Waals surface area contributed by atoms with Gasteiger partial charge in [-0.3, -0.25) is 14.5 Å². The lowest BCUT2D eigenvalue weighted by Crippen LogP contribution is -2.57. The van der Waals surface area contributed by atoms with Crippen molar-refractivity contribution in [3.05, 3.63) is 29.8 Å². The molecule has 0 spiro atoms. The highest BCUT2D eigenvalue weighted by molar-refractivity contribution is 5.83. The lowest BCUT2D eigenvalue weighted by Gasteiger charge is -2.43. The van der Waals surface area contributed by atoms with Crippen molar-refractivity contribution in [1.29, 1.82) is 0 Å². The summed E-state index contributed by atoms with van der Waals surface area (Å²) in [6.45, 7) is 4.42. The predicted molar refractivity (Wildman–Crippen MR) is 92.0 cm³/mol. The number of carbonyl (C=O) groups excluding carboxylic acids is 1. The maximum Gasteiger partial charge on any atom is 0.256 e. The van der Waals surface area contributed by atoms with E-state index in [0.717, 1.165) is 43.7 Å². The number of carbonyl (C=O) groups is 1. The van der Waals surface area contributed by atoms with Gasteiger partial charge in [0.1, 0.15) is 5.75 Å². The van der Waals surface area contributed by atoms with Crippen LogP contribution in [0.1, 0.15) is 24.8 Å². The summed E-state index contributed by atoms with van der Waals surface area (Å²) in [5.41, 5.74) is 0.687. The molecular weight excluding hydrogens is 320 g/mol. The second-order valence-electron chi connectivity index (χ2n) is 7.17. The largest absolute Gasteiger partial charge is 0.496 e. The lowest BCUT2D eigenvalue weighted by molar-refractivity contribution is -0.187. The SMILES string of the molecule is COc1ccccc1CN1CC[C@H]2OCC[C@@]2(C(=O)N2CCCO2)C1. The van der Waals surface area contributed by atoms with Gasteiger partial charge in [0.25, 0.3) is 5.91 Å². The highest BCUT2D eigenvalue weighted by Gasteiger charge is 2.55. The average Bonchev–Trinajstić information content (AvgIpc) is 3.31. The lowest BCUT2D eigenvalue weighted by atomic mass is 9.75. The second-order valence-corrected chi connectivity index (χ2v) is 7.17. The number of hydrogen-bond donors (Lipinski definition) is 0. The second kappa shape index (κ2) is 6.94. The Balaban J connectivity index is 1.53. The minimum Gasteiger partial charge on any atom is -0.496 e. The Labute approximate surface area is 148 Å². The van der Waals surface area contributed by atoms with Crippen molar-refractivity contribution < 1.29 is 19.1 Å². The number of ether oxygens (including phenoxy) is 2. The van der Waals surface area contributed by atoms with E-state index < -0.39 is 5.41 Å². The highest BCUT2D eigenvalue weighted by Crippen LogP contribution is 2.43. The normalized spacial score (nSPS) is 29.6. The van der Waals surface area contributed by atoms with Gasteiger partial charge in [0.2, 0.25) is 0 Å². The minimum absolute atomic E-state index is 0.0121. The quantitative estimate of drug-likeness (QED) is 0.833. The Kier molecular flexibility index (Phi) is 4.67. The van der Waals surface area contributed by atoms with Gasteiger partial charge in [-0.25, -0.2) is 5.06 Å². The summed E-state index contributed by atoms with van der Waals surface area (Å²) in [5.74, 6) is 1.01. The van der Waals surface area contributed by atoms with E-state index in [2.05, 4.69) is 11.0 Å². The molecule has 0 N–H and O–H groups in total. The molecule has 1 aromatic carbocycles. The molecular formula is C19H26N2O4. The fourth-order valence-electron chi connectivity index (χ4n) is 4.40. The van der Waals surface area contributed by atoms with Crippen molar-refractivity contribution in [3.8, 4) is 5.75 Å². The van der Waals surface area contributed by atoms with Crippen LogP contribution in [0.3, 0.4) is 0 Å². The van der Waals surface area contributed by atoms with Crippen LogP contribution in [0.15, 0.2) is 24.3 Å². The van der Waals surface area contributed by atoms with Crippen LogP contribution in [0.25, 0.3) is 0 Å². The molecule has 0 bridgehead atoms. The van der Waals surface area contributed by atoms with Crippen LogP contribution in [0.4, 0.5) is 0 Å². The van der Waals surface area contributed by atoms with Crippen LogP contribution in [-0.2, 0) is 20.9 Å². The maximum absolute atomic E-state index is 13.2. The molecule has 3 aliphatic heterocycles. The molecule has 0 saturated carbocycles. The van der Waals surface area contributed by atoms with Crippen LogP contribution in [0.2, 0.25) is 0 Å². The van der Waals surface area contributed by atoms with Crippen molar-refractivity contribution in [1.82, 2.24) is 9.96 Å². The Hall–Kier alpha value is -1.63. The van der Waals surface area contributed by atoms with Gasteiger partial charge >= 0.3 is 0 Å². The van der Waals surface area contributed by atoms with E-state index in [0.29, 0.717) is 26.3 Å². The molecule has 136 valence electrons. The summed E-state index contributed by atoms with van der Waals surface area (Å²) >= 11 is 0. The molecule has 6 nitrogen and oxygen atoms in total. The Morgan fingerprint density at radius 3 is 3.00 bits per heavy atom. The Bertz CT molecular complexity index is 632. The molecule has 3 heterocycles. The standard InChI is InChI=1S/C19H26N2O4/c1-23-16-6-3-2-5-15(16)13-20-10-7-17-19(14-20,8-12-24-17)18(22)21-9-4-11-25-21/h2-3,5-6,17H,4,7-14H2,1H3/t17-,19-/m1/s1. The van der Waals surface area contributed by atoms with Crippen molar-refractivity contribution >= 4 is 5.91 Å². The van der Waals surface area contributed by atoms with E-state index in [1.807, 2.05) is 18.2 Å². The van der Waals surface area contributed by atoms with Gasteiger partial charge in [-0.1, -0.05) is 18.2 Å². The zero-order valence-electron chi connectivity index (χ0n) is 14.8. The molecule has 4 rings (SSSR count). The van der Waals surface area contributed by atoms with E-state index in [9.17, 15) is 4.79 Å². The van der Waals surface area contributed by atoms with Gasteiger partial charge in [0.15, 0.2) is 0 Å². The molecule has 0 unspecified atom stereocenters. The molecule has 0 radical (unpaired) electrons. The number of hydrogen-bond acceptors (Lipinski definition) is 5. The fraction of sp³-hybridized carbons (Fsp3) is 0.632. The number of amides is 1. The van der Waals surface area contributed by atoms with Crippen molar-refractivity contribution in [3.63, 3.8) is 0 Å². The maximum atomic E-state index is 13.2. The van der Waals surface area contributed by atoms with Crippen molar-refractivity contribution in [2.24, 2.45) is 5.41 Å². The number of methoxy groups -OCH3 is 1. The number of piperidine rings is 1. The molecule has 3 fully saturated rings. The first-order valence-electron chi connectivity index (χ1n) is 9.14. The molecule has 0 aliphatic carbocycles. The third-order valence-electron chi connectivity index (χ3n) is 5.69. The third-order valence-corrected chi connectivity index (χ3v) is 5.69. The van der Waals surface area contributed by atoms with Crippen molar-refractivity contribution in [2.45, 2.75) is 31.9 Å². The van der Waals surface area contributed by atoms with E-state index >= 15 is 0 Å². The predicted octanol–water partition coefficient (Wildman–Crippen LogP) is 1.84. The molecule has 6 heteroatoms. The van der Waals surface area contributed by atoms with E-state index in [1.54, 1.807) is 12.2 Å². The summed E-state index contributed by atoms with van der Waals surface area (Å²) in [6.07, 6.45) is 2.59. The first kappa shape index (κ1) is 16.8. The molecule has 1 aromatic rings. The van der Waals surface area contributed by atoms with Gasteiger partial charge in [-0.15, -0.1) is 0 Å². The molecule has 2 atom stereocenters. The summed E-state index contributed by atoms with van der Waals surface area (Å²) in [6, 6.07) is 8.09. The highest BCUT2D eigenvalue weighted by atomic mass is 16.7. The van der Waals surface area contributed by atoms with Gasteiger partial charge in [-0.2, -0.15) is 0 Å². The van der Waals surface area contributed by atoms with Gasteiger partial charge in [0, 0.05) is 31.8 Å². The monoisotopic (exact) mass is 346 g/mol. The van der Waals surface area contributed by atoms with Crippen LogP contribution >= 0.6 is 0 Å². The Morgan fingerprint density at radius 1 is 1.32 bits per heavy atom. The zero-order chi connectivity index (χ0) is 17.3. The van der Waals surface area contributed by atoms with Crippen LogP contribution in [0, 0.1) is 5.41 Å². The average molecular weight is 346 g/mol. The number of rotatable bonds is 4. The number of hydroxylamine groups is 2. The smallest absolute Gasteiger partial charge is 0.256 e. The first-order valence-corrected chi connectivity index (χ1v) is 9.14. The summed E-state index contributed by atoms with van der Waals surface area (Å²) < 4.78 is 11.4. The molecule has 25 heavy (non-hydrogen) atoms. The van der Waals surface area contributed by atoms with E-state index in [4.69, 9.17) is 14.3 Å². The topological polar surface area (TPSA) is 51.2 Å².